The molecule has 2 aliphatic heterocycles. The van der Waals surface area contributed by atoms with Crippen LogP contribution in [0.5, 0.6) is 23.0 Å². The predicted octanol–water partition coefficient (Wildman–Crippen LogP) is -0.0793. The molecule has 0 bridgehead atoms. The molecule has 6 N–H and O–H groups in total. The Balaban J connectivity index is 1.52. The van der Waals surface area contributed by atoms with Crippen LogP contribution in [0.2, 0.25) is 0 Å². The molecule has 39 heavy (non-hydrogen) atoms. The predicted molar refractivity (Wildman–Crippen MR) is 135 cm³/mol. The Kier molecular flexibility index (Phi) is 9.51. The third kappa shape index (κ3) is 5.79. The van der Waals surface area contributed by atoms with E-state index in [4.69, 9.17) is 28.4 Å². The molecule has 2 aromatic carbocycles. The van der Waals surface area contributed by atoms with Crippen molar-refractivity contribution in [3.63, 3.8) is 0 Å². The first-order valence-electron chi connectivity index (χ1n) is 12.5. The van der Waals surface area contributed by atoms with Gasteiger partial charge in [0.05, 0.1) is 46.8 Å². The maximum absolute atomic E-state index is 11.2. The van der Waals surface area contributed by atoms with Crippen molar-refractivity contribution in [1.82, 2.24) is 0 Å². The van der Waals surface area contributed by atoms with Gasteiger partial charge in [0.2, 0.25) is 6.29 Å². The Morgan fingerprint density at radius 3 is 2.13 bits per heavy atom. The summed E-state index contributed by atoms with van der Waals surface area (Å²) in [5.41, 5.74) is 1.26. The summed E-state index contributed by atoms with van der Waals surface area (Å²) in [6, 6.07) is 10.0. The third-order valence-corrected chi connectivity index (χ3v) is 7.38. The van der Waals surface area contributed by atoms with E-state index in [-0.39, 0.29) is 24.7 Å². The normalized spacial score (nSPS) is 31.5. The highest BCUT2D eigenvalue weighted by Crippen LogP contribution is 2.46. The van der Waals surface area contributed by atoms with Gasteiger partial charge in [0.25, 0.3) is 0 Å². The molecule has 0 unspecified atom stereocenters. The molecular weight excluding hydrogens is 516 g/mol. The number of aliphatic hydroxyl groups is 6. The summed E-state index contributed by atoms with van der Waals surface area (Å²) in [6.45, 7) is -0.638. The van der Waals surface area contributed by atoms with Crippen LogP contribution >= 0.6 is 0 Å². The Hall–Kier alpha value is -2.68. The van der Waals surface area contributed by atoms with Crippen LogP contribution in [0.3, 0.4) is 0 Å². The van der Waals surface area contributed by atoms with Crippen LogP contribution in [0, 0.1) is 11.8 Å². The summed E-state index contributed by atoms with van der Waals surface area (Å²) in [6.07, 6.45) is -8.68. The van der Waals surface area contributed by atoms with Crippen molar-refractivity contribution in [2.45, 2.75) is 42.9 Å². The molecule has 9 atom stereocenters. The Labute approximate surface area is 225 Å². The van der Waals surface area contributed by atoms with Gasteiger partial charge in [-0.3, -0.25) is 0 Å². The van der Waals surface area contributed by atoms with E-state index in [0.717, 1.165) is 0 Å². The summed E-state index contributed by atoms with van der Waals surface area (Å²) in [7, 11) is 4.46. The van der Waals surface area contributed by atoms with Gasteiger partial charge in [-0.1, -0.05) is 12.1 Å². The molecule has 0 aromatic heterocycles. The van der Waals surface area contributed by atoms with E-state index < -0.39 is 61.4 Å². The fourth-order valence-corrected chi connectivity index (χ4v) is 5.12. The van der Waals surface area contributed by atoms with Crippen LogP contribution in [0.25, 0.3) is 0 Å². The molecular formula is C27H36O12. The first kappa shape index (κ1) is 29.3. The summed E-state index contributed by atoms with van der Waals surface area (Å²) in [5, 5.41) is 61.2. The smallest absolute Gasteiger partial charge is 0.229 e. The van der Waals surface area contributed by atoms with Crippen LogP contribution < -0.4 is 18.9 Å². The molecule has 12 heteroatoms. The lowest BCUT2D eigenvalue weighted by Gasteiger charge is -2.39. The van der Waals surface area contributed by atoms with Gasteiger partial charge in [-0.05, 0) is 35.4 Å². The van der Waals surface area contributed by atoms with E-state index in [1.165, 1.54) is 21.3 Å². The number of hydrogen-bond acceptors (Lipinski definition) is 12. The largest absolute Gasteiger partial charge is 0.493 e. The molecule has 4 rings (SSSR count). The molecule has 2 fully saturated rings. The van der Waals surface area contributed by atoms with Crippen LogP contribution in [-0.2, 0) is 9.47 Å². The third-order valence-electron chi connectivity index (χ3n) is 7.38. The number of aliphatic hydroxyl groups excluding tert-OH is 6. The van der Waals surface area contributed by atoms with Crippen LogP contribution in [0.15, 0.2) is 36.4 Å². The van der Waals surface area contributed by atoms with Gasteiger partial charge < -0.3 is 59.1 Å². The fourth-order valence-electron chi connectivity index (χ4n) is 5.12. The number of ether oxygens (including phenoxy) is 6. The lowest BCUT2D eigenvalue weighted by Crippen LogP contribution is -2.60. The number of methoxy groups -OCH3 is 3. The summed E-state index contributed by atoms with van der Waals surface area (Å²) < 4.78 is 33.3. The van der Waals surface area contributed by atoms with E-state index >= 15 is 0 Å². The zero-order chi connectivity index (χ0) is 28.3. The zero-order valence-corrected chi connectivity index (χ0v) is 21.9. The Morgan fingerprint density at radius 1 is 0.821 bits per heavy atom. The maximum Gasteiger partial charge on any atom is 0.229 e. The minimum Gasteiger partial charge on any atom is -0.493 e. The van der Waals surface area contributed by atoms with Gasteiger partial charge >= 0.3 is 0 Å². The standard InChI is InChI=1S/C27H36O12/c1-34-17-6-4-13(8-19(17)35-2)22(30)16-12-37-26(15(16)10-28)14-5-7-18(20(9-14)36-3)38-27-25(33)24(32)23(31)21(11-29)39-27/h4-9,15-16,21-33H,10-12H2,1-3H3/t15-,16+,21+,22+,23+,24-,25+,26+,27+/m0/s1. The van der Waals surface area contributed by atoms with Gasteiger partial charge in [0.15, 0.2) is 23.0 Å². The summed E-state index contributed by atoms with van der Waals surface area (Å²) in [4.78, 5) is 0. The van der Waals surface area contributed by atoms with Crippen LogP contribution in [0.1, 0.15) is 23.3 Å². The quantitative estimate of drug-likeness (QED) is 0.231. The number of rotatable bonds is 10. The van der Waals surface area contributed by atoms with Gasteiger partial charge in [-0.25, -0.2) is 0 Å². The first-order chi connectivity index (χ1) is 18.8. The van der Waals surface area contributed by atoms with E-state index in [1.807, 2.05) is 0 Å². The van der Waals surface area contributed by atoms with Crippen molar-refractivity contribution in [3.05, 3.63) is 47.5 Å². The maximum atomic E-state index is 11.2. The highest BCUT2D eigenvalue weighted by Gasteiger charge is 2.45. The van der Waals surface area contributed by atoms with Crippen molar-refractivity contribution in [2.75, 3.05) is 41.2 Å². The molecule has 0 spiro atoms. The molecule has 2 heterocycles. The minimum atomic E-state index is -1.59. The summed E-state index contributed by atoms with van der Waals surface area (Å²) >= 11 is 0. The van der Waals surface area contributed by atoms with Crippen molar-refractivity contribution >= 4 is 0 Å². The molecule has 0 aliphatic carbocycles. The van der Waals surface area contributed by atoms with Crippen molar-refractivity contribution in [2.24, 2.45) is 11.8 Å². The SMILES string of the molecule is COc1ccc([C@@H](O)[C@@H]2CO[C@H](c3ccc(O[C@@H]4O[C@H](CO)[C@@H](O)[C@H](O)[C@H]4O)c(OC)c3)[C@H]2CO)cc1OC. The van der Waals surface area contributed by atoms with E-state index in [2.05, 4.69) is 0 Å². The second-order valence-corrected chi connectivity index (χ2v) is 9.55. The van der Waals surface area contributed by atoms with Gasteiger partial charge in [0.1, 0.15) is 24.4 Å². The van der Waals surface area contributed by atoms with Gasteiger partial charge in [-0.2, -0.15) is 0 Å². The lowest BCUT2D eigenvalue weighted by molar-refractivity contribution is -0.277. The van der Waals surface area contributed by atoms with Crippen molar-refractivity contribution in [3.8, 4) is 23.0 Å². The molecule has 2 aromatic rings. The second-order valence-electron chi connectivity index (χ2n) is 9.55. The van der Waals surface area contributed by atoms with Gasteiger partial charge in [0, 0.05) is 18.4 Å². The topological polar surface area (TPSA) is 177 Å². The highest BCUT2D eigenvalue weighted by atomic mass is 16.7. The minimum absolute atomic E-state index is 0.172. The van der Waals surface area contributed by atoms with Gasteiger partial charge in [-0.15, -0.1) is 0 Å². The molecule has 2 saturated heterocycles. The van der Waals surface area contributed by atoms with E-state index in [9.17, 15) is 30.6 Å². The Bertz CT molecular complexity index is 1090. The Morgan fingerprint density at radius 2 is 1.49 bits per heavy atom. The average Bonchev–Trinajstić information content (AvgIpc) is 3.40. The fraction of sp³-hybridized carbons (Fsp3) is 0.556. The van der Waals surface area contributed by atoms with Crippen molar-refractivity contribution in [1.29, 1.82) is 0 Å². The van der Waals surface area contributed by atoms with Crippen molar-refractivity contribution < 1.29 is 59.1 Å². The lowest BCUT2D eigenvalue weighted by atomic mass is 9.82. The van der Waals surface area contributed by atoms with Crippen LogP contribution in [0.4, 0.5) is 0 Å². The number of benzene rings is 2. The summed E-state index contributed by atoms with van der Waals surface area (Å²) in [5.74, 6) is 0.569. The van der Waals surface area contributed by atoms with E-state index in [1.54, 1.807) is 36.4 Å². The average molecular weight is 553 g/mol. The monoisotopic (exact) mass is 552 g/mol. The second kappa shape index (κ2) is 12.7. The molecule has 0 radical (unpaired) electrons. The molecule has 12 nitrogen and oxygen atoms in total. The van der Waals surface area contributed by atoms with Crippen LogP contribution in [-0.4, -0.2) is 102 Å². The van der Waals surface area contributed by atoms with E-state index in [0.29, 0.717) is 22.6 Å². The molecule has 0 saturated carbocycles. The first-order valence-corrected chi connectivity index (χ1v) is 12.5. The molecule has 0 amide bonds. The molecule has 2 aliphatic rings. The molecule has 216 valence electrons. The zero-order valence-electron chi connectivity index (χ0n) is 21.9. The highest BCUT2D eigenvalue weighted by molar-refractivity contribution is 5.45. The number of hydrogen-bond donors (Lipinski definition) is 6.